The van der Waals surface area contributed by atoms with E-state index in [0.29, 0.717) is 16.6 Å². The Morgan fingerprint density at radius 2 is 1.89 bits per heavy atom. The van der Waals surface area contributed by atoms with E-state index >= 15 is 0 Å². The van der Waals surface area contributed by atoms with Crippen LogP contribution in [0.4, 0.5) is 0 Å². The molecule has 0 aliphatic heterocycles. The summed E-state index contributed by atoms with van der Waals surface area (Å²) in [6.07, 6.45) is 3.03. The number of aromatic nitrogens is 2. The van der Waals surface area contributed by atoms with E-state index in [-0.39, 0.29) is 11.7 Å². The van der Waals surface area contributed by atoms with Gasteiger partial charge in [0.05, 0.1) is 10.0 Å². The lowest BCUT2D eigenvalue weighted by Gasteiger charge is -2.05. The quantitative estimate of drug-likeness (QED) is 0.941. The van der Waals surface area contributed by atoms with E-state index in [1.54, 1.807) is 24.3 Å². The van der Waals surface area contributed by atoms with Gasteiger partial charge in [0, 0.05) is 18.9 Å². The third-order valence-corrected chi connectivity index (χ3v) is 2.94. The van der Waals surface area contributed by atoms with Crippen molar-refractivity contribution in [3.63, 3.8) is 0 Å². The van der Waals surface area contributed by atoms with Crippen LogP contribution in [0.15, 0.2) is 36.7 Å². The van der Waals surface area contributed by atoms with Gasteiger partial charge in [0.15, 0.2) is 0 Å². The first-order valence-electron chi connectivity index (χ1n) is 5.16. The summed E-state index contributed by atoms with van der Waals surface area (Å²) in [6.45, 7) is 0.341. The molecule has 0 saturated heterocycles. The number of nitrogens with zero attached hydrogens (tertiary/aromatic N) is 2. The molecule has 1 N–H and O–H groups in total. The molecule has 0 fully saturated rings. The zero-order valence-electron chi connectivity index (χ0n) is 9.23. The van der Waals surface area contributed by atoms with Crippen molar-refractivity contribution in [3.8, 4) is 0 Å². The van der Waals surface area contributed by atoms with E-state index in [2.05, 4.69) is 15.3 Å². The summed E-state index contributed by atoms with van der Waals surface area (Å²) in [4.78, 5) is 19.4. The Balaban J connectivity index is 1.99. The van der Waals surface area contributed by atoms with Crippen molar-refractivity contribution < 1.29 is 4.79 Å². The van der Waals surface area contributed by atoms with Crippen molar-refractivity contribution >= 4 is 29.1 Å². The van der Waals surface area contributed by atoms with Crippen molar-refractivity contribution in [2.45, 2.75) is 6.54 Å². The van der Waals surface area contributed by atoms with E-state index in [9.17, 15) is 4.79 Å². The van der Waals surface area contributed by atoms with Gasteiger partial charge in [-0.05, 0) is 23.8 Å². The van der Waals surface area contributed by atoms with Crippen LogP contribution in [0.1, 0.15) is 16.2 Å². The second kappa shape index (κ2) is 5.80. The SMILES string of the molecule is O=C(NCc1ccc(Cl)c(Cl)c1)c1ncccn1. The topological polar surface area (TPSA) is 54.9 Å². The van der Waals surface area contributed by atoms with Gasteiger partial charge in [-0.1, -0.05) is 29.3 Å². The van der Waals surface area contributed by atoms with Gasteiger partial charge in [0.1, 0.15) is 0 Å². The summed E-state index contributed by atoms with van der Waals surface area (Å²) in [5.74, 6) is -0.195. The maximum Gasteiger partial charge on any atom is 0.289 e. The highest BCUT2D eigenvalue weighted by Gasteiger charge is 2.07. The second-order valence-corrected chi connectivity index (χ2v) is 4.32. The lowest BCUT2D eigenvalue weighted by atomic mass is 10.2. The van der Waals surface area contributed by atoms with Crippen LogP contribution in [0.3, 0.4) is 0 Å². The molecule has 92 valence electrons. The fourth-order valence-electron chi connectivity index (χ4n) is 1.33. The Kier molecular flexibility index (Phi) is 4.12. The number of carbonyl (C=O) groups excluding carboxylic acids is 1. The van der Waals surface area contributed by atoms with Gasteiger partial charge in [-0.15, -0.1) is 0 Å². The van der Waals surface area contributed by atoms with Gasteiger partial charge in [-0.25, -0.2) is 9.97 Å². The molecule has 1 heterocycles. The van der Waals surface area contributed by atoms with Gasteiger partial charge in [-0.3, -0.25) is 4.79 Å². The predicted molar refractivity (Wildman–Crippen MR) is 69.7 cm³/mol. The zero-order chi connectivity index (χ0) is 13.0. The van der Waals surface area contributed by atoms with E-state index in [1.807, 2.05) is 0 Å². The Labute approximate surface area is 114 Å². The molecule has 1 aromatic heterocycles. The standard InChI is InChI=1S/C12H9Cl2N3O/c13-9-3-2-8(6-10(9)14)7-17-12(18)11-15-4-1-5-16-11/h1-6H,7H2,(H,17,18). The van der Waals surface area contributed by atoms with Gasteiger partial charge < -0.3 is 5.32 Å². The molecule has 0 radical (unpaired) electrons. The third-order valence-electron chi connectivity index (χ3n) is 2.21. The molecule has 2 rings (SSSR count). The van der Waals surface area contributed by atoms with Gasteiger partial charge in [0.25, 0.3) is 5.91 Å². The summed E-state index contributed by atoms with van der Waals surface area (Å²) in [5, 5.41) is 3.64. The maximum absolute atomic E-state index is 11.7. The number of rotatable bonds is 3. The Morgan fingerprint density at radius 1 is 1.17 bits per heavy atom. The van der Waals surface area contributed by atoms with E-state index in [0.717, 1.165) is 5.56 Å². The fraction of sp³-hybridized carbons (Fsp3) is 0.0833. The number of hydrogen-bond donors (Lipinski definition) is 1. The smallest absolute Gasteiger partial charge is 0.289 e. The molecule has 0 atom stereocenters. The summed E-state index contributed by atoms with van der Waals surface area (Å²) >= 11 is 11.7. The third kappa shape index (κ3) is 3.18. The Morgan fingerprint density at radius 3 is 2.56 bits per heavy atom. The monoisotopic (exact) mass is 281 g/mol. The van der Waals surface area contributed by atoms with Crippen LogP contribution in [0.5, 0.6) is 0 Å². The van der Waals surface area contributed by atoms with Crippen molar-refractivity contribution in [3.05, 3.63) is 58.1 Å². The van der Waals surface area contributed by atoms with Crippen molar-refractivity contribution in [1.82, 2.24) is 15.3 Å². The molecule has 0 spiro atoms. The minimum Gasteiger partial charge on any atom is -0.345 e. The van der Waals surface area contributed by atoms with Gasteiger partial charge >= 0.3 is 0 Å². The minimum absolute atomic E-state index is 0.137. The van der Waals surface area contributed by atoms with Crippen LogP contribution in [0.25, 0.3) is 0 Å². The number of hydrogen-bond acceptors (Lipinski definition) is 3. The number of carbonyl (C=O) groups is 1. The molecule has 0 aliphatic rings. The molecular weight excluding hydrogens is 273 g/mol. The minimum atomic E-state index is -0.332. The first-order chi connectivity index (χ1) is 8.66. The van der Waals surface area contributed by atoms with Crippen LogP contribution in [-0.2, 0) is 6.54 Å². The second-order valence-electron chi connectivity index (χ2n) is 3.50. The molecular formula is C12H9Cl2N3O. The highest BCUT2D eigenvalue weighted by Crippen LogP contribution is 2.22. The predicted octanol–water partition coefficient (Wildman–Crippen LogP) is 2.71. The number of nitrogens with one attached hydrogen (secondary N) is 1. The number of amides is 1. The molecule has 0 aliphatic carbocycles. The zero-order valence-corrected chi connectivity index (χ0v) is 10.7. The van der Waals surface area contributed by atoms with Crippen LogP contribution < -0.4 is 5.32 Å². The van der Waals surface area contributed by atoms with E-state index in [4.69, 9.17) is 23.2 Å². The summed E-state index contributed by atoms with van der Waals surface area (Å²) in [6, 6.07) is 6.83. The molecule has 18 heavy (non-hydrogen) atoms. The van der Waals surface area contributed by atoms with Crippen LogP contribution in [0.2, 0.25) is 10.0 Å². The molecule has 4 nitrogen and oxygen atoms in total. The average molecular weight is 282 g/mol. The highest BCUT2D eigenvalue weighted by atomic mass is 35.5. The molecule has 0 bridgehead atoms. The number of halogens is 2. The maximum atomic E-state index is 11.7. The Hall–Kier alpha value is -1.65. The van der Waals surface area contributed by atoms with Gasteiger partial charge in [-0.2, -0.15) is 0 Å². The van der Waals surface area contributed by atoms with Gasteiger partial charge in [0.2, 0.25) is 5.82 Å². The molecule has 2 aromatic rings. The highest BCUT2D eigenvalue weighted by molar-refractivity contribution is 6.42. The number of benzene rings is 1. The summed E-state index contributed by atoms with van der Waals surface area (Å²) in [5.41, 5.74) is 0.855. The largest absolute Gasteiger partial charge is 0.345 e. The first-order valence-corrected chi connectivity index (χ1v) is 5.91. The lowest BCUT2D eigenvalue weighted by molar-refractivity contribution is 0.0940. The molecule has 1 amide bonds. The molecule has 6 heteroatoms. The Bertz CT molecular complexity index is 561. The average Bonchev–Trinajstić information content (AvgIpc) is 2.41. The molecule has 0 saturated carbocycles. The molecule has 0 unspecified atom stereocenters. The normalized spacial score (nSPS) is 10.1. The van der Waals surface area contributed by atoms with Crippen LogP contribution in [0, 0.1) is 0 Å². The van der Waals surface area contributed by atoms with Crippen molar-refractivity contribution in [2.75, 3.05) is 0 Å². The summed E-state index contributed by atoms with van der Waals surface area (Å²) < 4.78 is 0. The first kappa shape index (κ1) is 12.8. The summed E-state index contributed by atoms with van der Waals surface area (Å²) in [7, 11) is 0. The van der Waals surface area contributed by atoms with E-state index in [1.165, 1.54) is 12.4 Å². The molecule has 1 aromatic carbocycles. The van der Waals surface area contributed by atoms with Crippen LogP contribution >= 0.6 is 23.2 Å². The van der Waals surface area contributed by atoms with Crippen molar-refractivity contribution in [2.24, 2.45) is 0 Å². The fourth-order valence-corrected chi connectivity index (χ4v) is 1.65. The lowest BCUT2D eigenvalue weighted by Crippen LogP contribution is -2.24. The van der Waals surface area contributed by atoms with Crippen LogP contribution in [-0.4, -0.2) is 15.9 Å². The van der Waals surface area contributed by atoms with Crippen molar-refractivity contribution in [1.29, 1.82) is 0 Å². The van der Waals surface area contributed by atoms with E-state index < -0.39 is 0 Å².